The van der Waals surface area contributed by atoms with E-state index in [0.29, 0.717) is 24.8 Å². The lowest BCUT2D eigenvalue weighted by molar-refractivity contribution is -0.184. The Bertz CT molecular complexity index is 721. The van der Waals surface area contributed by atoms with Gasteiger partial charge in [-0.3, -0.25) is 0 Å². The van der Waals surface area contributed by atoms with Gasteiger partial charge < -0.3 is 15.2 Å². The van der Waals surface area contributed by atoms with E-state index in [0.717, 1.165) is 6.07 Å². The number of carbonyl (C=O) groups is 2. The van der Waals surface area contributed by atoms with E-state index in [4.69, 9.17) is 4.74 Å². The van der Waals surface area contributed by atoms with Crippen molar-refractivity contribution < 1.29 is 28.2 Å². The predicted octanol–water partition coefficient (Wildman–Crippen LogP) is 3.36. The van der Waals surface area contributed by atoms with E-state index in [1.165, 1.54) is 12.1 Å². The van der Waals surface area contributed by atoms with Crippen LogP contribution in [0.5, 0.6) is 0 Å². The molecule has 0 spiro atoms. The Balaban J connectivity index is 1.71. The van der Waals surface area contributed by atoms with Crippen LogP contribution < -0.4 is 5.32 Å². The Labute approximate surface area is 144 Å². The molecule has 4 rings (SSSR count). The second-order valence-corrected chi connectivity index (χ2v) is 8.21. The summed E-state index contributed by atoms with van der Waals surface area (Å²) < 4.78 is 32.2. The van der Waals surface area contributed by atoms with Crippen LogP contribution in [0.3, 0.4) is 0 Å². The molecule has 1 aromatic rings. The number of carboxylic acid groups (broad SMARTS) is 1. The number of nitrogens with one attached hydrogen (secondary N) is 1. The molecule has 2 bridgehead atoms. The molecule has 0 aliphatic heterocycles. The fraction of sp³-hybridized carbons (Fsp3) is 0.556. The summed E-state index contributed by atoms with van der Waals surface area (Å²) in [6, 6.07) is 2.38. The van der Waals surface area contributed by atoms with Gasteiger partial charge in [-0.05, 0) is 51.7 Å². The molecule has 7 heteroatoms. The number of ether oxygens (including phenoxy) is 1. The van der Waals surface area contributed by atoms with E-state index in [1.807, 2.05) is 0 Å². The summed E-state index contributed by atoms with van der Waals surface area (Å²) in [5.41, 5.74) is -1.38. The van der Waals surface area contributed by atoms with Crippen LogP contribution in [-0.4, -0.2) is 28.8 Å². The summed E-state index contributed by atoms with van der Waals surface area (Å²) in [5.74, 6) is -2.39. The molecule has 1 aromatic carbocycles. The zero-order valence-electron chi connectivity index (χ0n) is 14.4. The average Bonchev–Trinajstić information content (AvgIpc) is 2.34. The molecule has 1 unspecified atom stereocenters. The third-order valence-corrected chi connectivity index (χ3v) is 5.09. The molecule has 0 aromatic heterocycles. The first kappa shape index (κ1) is 17.6. The van der Waals surface area contributed by atoms with Gasteiger partial charge in [0, 0.05) is 16.9 Å². The summed E-state index contributed by atoms with van der Waals surface area (Å²) in [7, 11) is 0. The van der Waals surface area contributed by atoms with Crippen molar-refractivity contribution in [2.24, 2.45) is 5.41 Å². The smallest absolute Gasteiger partial charge is 0.408 e. The van der Waals surface area contributed by atoms with Crippen LogP contribution in [0.1, 0.15) is 45.6 Å². The van der Waals surface area contributed by atoms with Crippen LogP contribution in [0.2, 0.25) is 0 Å². The second kappa shape index (κ2) is 5.41. The van der Waals surface area contributed by atoms with Crippen LogP contribution in [0.25, 0.3) is 0 Å². The molecular weight excluding hydrogens is 332 g/mol. The summed E-state index contributed by atoms with van der Waals surface area (Å²) >= 11 is 0. The van der Waals surface area contributed by atoms with Crippen molar-refractivity contribution in [3.8, 4) is 0 Å². The number of halogens is 2. The van der Waals surface area contributed by atoms with Gasteiger partial charge in [0.15, 0.2) is 0 Å². The zero-order chi connectivity index (χ0) is 18.6. The van der Waals surface area contributed by atoms with Gasteiger partial charge >= 0.3 is 12.1 Å². The summed E-state index contributed by atoms with van der Waals surface area (Å²) in [6.45, 7) is 5.07. The summed E-state index contributed by atoms with van der Waals surface area (Å²) in [5, 5.41) is 11.9. The van der Waals surface area contributed by atoms with Crippen molar-refractivity contribution >= 4 is 12.1 Å². The summed E-state index contributed by atoms with van der Waals surface area (Å²) in [6.07, 6.45) is 0.534. The average molecular weight is 353 g/mol. The van der Waals surface area contributed by atoms with Gasteiger partial charge in [-0.25, -0.2) is 18.4 Å². The van der Waals surface area contributed by atoms with E-state index < -0.39 is 46.2 Å². The minimum atomic E-state index is -1.14. The molecule has 3 fully saturated rings. The van der Waals surface area contributed by atoms with E-state index >= 15 is 0 Å². The third kappa shape index (κ3) is 2.96. The maximum atomic E-state index is 14.0. The van der Waals surface area contributed by atoms with E-state index in [-0.39, 0.29) is 0 Å². The molecule has 0 saturated heterocycles. The standard InChI is InChI=1S/C18H21F2NO4/c1-16(2,3)25-15(24)21-13(14(22)23)18-7-17(8-18,9-18)11-5-4-10(19)6-12(11)20/h4-6,13H,7-9H2,1-3H3,(H,21,24)(H,22,23). The minimum absolute atomic E-state index is 0.414. The number of carboxylic acids is 1. The van der Waals surface area contributed by atoms with Gasteiger partial charge in [0.1, 0.15) is 23.3 Å². The molecule has 0 radical (unpaired) electrons. The minimum Gasteiger partial charge on any atom is -0.480 e. The lowest BCUT2D eigenvalue weighted by Gasteiger charge is -2.72. The van der Waals surface area contributed by atoms with Crippen molar-refractivity contribution in [3.63, 3.8) is 0 Å². The highest BCUT2D eigenvalue weighted by Gasteiger charge is 2.73. The van der Waals surface area contributed by atoms with Crippen LogP contribution >= 0.6 is 0 Å². The lowest BCUT2D eigenvalue weighted by Crippen LogP contribution is -2.73. The number of hydrogen-bond donors (Lipinski definition) is 2. The molecule has 5 nitrogen and oxygen atoms in total. The Kier molecular flexibility index (Phi) is 3.82. The predicted molar refractivity (Wildman–Crippen MR) is 85.1 cm³/mol. The van der Waals surface area contributed by atoms with Gasteiger partial charge in [0.05, 0.1) is 0 Å². The van der Waals surface area contributed by atoms with Gasteiger partial charge in [-0.2, -0.15) is 0 Å². The number of carbonyl (C=O) groups excluding carboxylic acids is 1. The largest absolute Gasteiger partial charge is 0.480 e. The van der Waals surface area contributed by atoms with Gasteiger partial charge in [0.2, 0.25) is 0 Å². The fourth-order valence-corrected chi connectivity index (χ4v) is 4.28. The number of alkyl carbamates (subject to hydrolysis) is 1. The molecule has 0 heterocycles. The quantitative estimate of drug-likeness (QED) is 0.870. The van der Waals surface area contributed by atoms with Gasteiger partial charge in [-0.1, -0.05) is 6.07 Å². The maximum absolute atomic E-state index is 14.0. The van der Waals surface area contributed by atoms with Crippen LogP contribution in [-0.2, 0) is 14.9 Å². The van der Waals surface area contributed by atoms with Gasteiger partial charge in [-0.15, -0.1) is 0 Å². The highest BCUT2D eigenvalue weighted by Crippen LogP contribution is 2.75. The Morgan fingerprint density at radius 2 is 1.84 bits per heavy atom. The lowest BCUT2D eigenvalue weighted by atomic mass is 9.31. The monoisotopic (exact) mass is 353 g/mol. The van der Waals surface area contributed by atoms with E-state index in [1.54, 1.807) is 20.8 Å². The van der Waals surface area contributed by atoms with E-state index in [9.17, 15) is 23.5 Å². The molecule has 25 heavy (non-hydrogen) atoms. The van der Waals surface area contributed by atoms with Crippen molar-refractivity contribution in [3.05, 3.63) is 35.4 Å². The fourth-order valence-electron chi connectivity index (χ4n) is 4.28. The molecule has 3 aliphatic carbocycles. The summed E-state index contributed by atoms with van der Waals surface area (Å²) in [4.78, 5) is 23.5. The molecule has 1 amide bonds. The van der Waals surface area contributed by atoms with E-state index in [2.05, 4.69) is 5.32 Å². The first-order valence-corrected chi connectivity index (χ1v) is 8.14. The first-order chi connectivity index (χ1) is 11.5. The number of rotatable bonds is 4. The number of hydrogen-bond acceptors (Lipinski definition) is 3. The van der Waals surface area contributed by atoms with Gasteiger partial charge in [0.25, 0.3) is 0 Å². The van der Waals surface area contributed by atoms with Crippen molar-refractivity contribution in [2.45, 2.75) is 57.1 Å². The first-order valence-electron chi connectivity index (χ1n) is 8.14. The van der Waals surface area contributed by atoms with Crippen molar-refractivity contribution in [1.82, 2.24) is 5.32 Å². The Morgan fingerprint density at radius 1 is 1.24 bits per heavy atom. The van der Waals surface area contributed by atoms with Crippen LogP contribution in [0, 0.1) is 17.0 Å². The Hall–Kier alpha value is -2.18. The second-order valence-electron chi connectivity index (χ2n) is 8.21. The molecule has 3 saturated carbocycles. The van der Waals surface area contributed by atoms with Crippen molar-refractivity contribution in [2.75, 3.05) is 0 Å². The molecule has 3 aliphatic rings. The molecule has 2 N–H and O–H groups in total. The highest BCUT2D eigenvalue weighted by atomic mass is 19.1. The zero-order valence-corrected chi connectivity index (χ0v) is 14.4. The molecule has 1 atom stereocenters. The normalized spacial score (nSPS) is 28.4. The maximum Gasteiger partial charge on any atom is 0.408 e. The van der Waals surface area contributed by atoms with Crippen molar-refractivity contribution in [1.29, 1.82) is 0 Å². The topological polar surface area (TPSA) is 75.6 Å². The number of benzene rings is 1. The molecular formula is C18H21F2NO4. The van der Waals surface area contributed by atoms with Crippen LogP contribution in [0.15, 0.2) is 18.2 Å². The Morgan fingerprint density at radius 3 is 2.32 bits per heavy atom. The number of amides is 1. The third-order valence-electron chi connectivity index (χ3n) is 5.09. The molecule has 136 valence electrons. The van der Waals surface area contributed by atoms with Crippen LogP contribution in [0.4, 0.5) is 13.6 Å². The highest BCUT2D eigenvalue weighted by molar-refractivity contribution is 5.82. The SMILES string of the molecule is CC(C)(C)OC(=O)NC(C(=O)O)C12CC(c3ccc(F)cc3F)(C1)C2. The number of aliphatic carboxylic acids is 1.